The number of hydrogen-bond donors (Lipinski definition) is 0. The summed E-state index contributed by atoms with van der Waals surface area (Å²) in [4.78, 5) is 11.2. The summed E-state index contributed by atoms with van der Waals surface area (Å²) in [5, 5.41) is 0. The number of carbonyl (C=O) groups is 1. The second kappa shape index (κ2) is 7.36. The van der Waals surface area contributed by atoms with E-state index in [1.165, 1.54) is 6.07 Å². The normalized spacial score (nSPS) is 19.1. The minimum atomic E-state index is -0.276. The number of halogens is 1. The Morgan fingerprint density at radius 1 is 1.20 bits per heavy atom. The predicted molar refractivity (Wildman–Crippen MR) is 95.0 cm³/mol. The van der Waals surface area contributed by atoms with E-state index in [4.69, 9.17) is 9.47 Å². The molecule has 1 fully saturated rings. The lowest BCUT2D eigenvalue weighted by molar-refractivity contribution is -0.119. The van der Waals surface area contributed by atoms with Gasteiger partial charge in [0.05, 0.1) is 18.8 Å². The molecule has 2 aromatic rings. The minimum absolute atomic E-state index is 0.0408. The number of rotatable bonds is 7. The van der Waals surface area contributed by atoms with Crippen LogP contribution in [0.25, 0.3) is 11.1 Å². The Kier molecular flexibility index (Phi) is 5.19. The van der Waals surface area contributed by atoms with Gasteiger partial charge in [0.1, 0.15) is 17.3 Å². The van der Waals surface area contributed by atoms with Crippen molar-refractivity contribution in [3.63, 3.8) is 0 Å². The van der Waals surface area contributed by atoms with Gasteiger partial charge in [0, 0.05) is 11.5 Å². The Morgan fingerprint density at radius 2 is 1.92 bits per heavy atom. The van der Waals surface area contributed by atoms with Crippen LogP contribution in [0, 0.1) is 11.7 Å². The summed E-state index contributed by atoms with van der Waals surface area (Å²) in [6, 6.07) is 12.4. The van der Waals surface area contributed by atoms with Crippen LogP contribution < -0.4 is 4.74 Å². The van der Waals surface area contributed by atoms with Crippen LogP contribution in [0.1, 0.15) is 32.8 Å². The molecular weight excluding hydrogens is 319 g/mol. The number of ether oxygens (including phenoxy) is 2. The van der Waals surface area contributed by atoms with E-state index in [9.17, 15) is 9.18 Å². The van der Waals surface area contributed by atoms with E-state index in [0.29, 0.717) is 17.9 Å². The van der Waals surface area contributed by atoms with E-state index < -0.39 is 0 Å². The van der Waals surface area contributed by atoms with Crippen molar-refractivity contribution in [1.29, 1.82) is 0 Å². The summed E-state index contributed by atoms with van der Waals surface area (Å²) < 4.78 is 25.5. The lowest BCUT2D eigenvalue weighted by atomic mass is 10.0. The van der Waals surface area contributed by atoms with Crippen molar-refractivity contribution in [3.8, 4) is 16.9 Å². The Labute approximate surface area is 147 Å². The van der Waals surface area contributed by atoms with Crippen molar-refractivity contribution in [3.05, 3.63) is 53.8 Å². The van der Waals surface area contributed by atoms with Gasteiger partial charge in [-0.15, -0.1) is 0 Å². The molecule has 0 saturated heterocycles. The van der Waals surface area contributed by atoms with E-state index in [-0.39, 0.29) is 29.7 Å². The molecule has 3 nitrogen and oxygen atoms in total. The number of benzene rings is 2. The van der Waals surface area contributed by atoms with Gasteiger partial charge in [-0.2, -0.15) is 0 Å². The first-order valence-corrected chi connectivity index (χ1v) is 8.61. The van der Waals surface area contributed by atoms with Gasteiger partial charge in [0.25, 0.3) is 0 Å². The number of hydrogen-bond acceptors (Lipinski definition) is 3. The predicted octanol–water partition coefficient (Wildman–Crippen LogP) is 4.77. The highest BCUT2D eigenvalue weighted by atomic mass is 19.1. The second-order valence-corrected chi connectivity index (χ2v) is 6.81. The largest absolute Gasteiger partial charge is 0.491 e. The van der Waals surface area contributed by atoms with Crippen molar-refractivity contribution < 1.29 is 18.7 Å². The molecule has 1 aliphatic rings. The maximum absolute atomic E-state index is 14.2. The lowest BCUT2D eigenvalue weighted by Gasteiger charge is -2.12. The highest BCUT2D eigenvalue weighted by Crippen LogP contribution is 2.35. The summed E-state index contributed by atoms with van der Waals surface area (Å²) in [5.74, 6) is 0.640. The average Bonchev–Trinajstić information content (AvgIpc) is 3.35. The third-order valence-electron chi connectivity index (χ3n) is 4.29. The molecule has 0 aromatic heterocycles. The van der Waals surface area contributed by atoms with Gasteiger partial charge < -0.3 is 9.47 Å². The fourth-order valence-corrected chi connectivity index (χ4v) is 2.84. The molecule has 1 aliphatic carbocycles. The first kappa shape index (κ1) is 17.6. The third-order valence-corrected chi connectivity index (χ3v) is 4.29. The van der Waals surface area contributed by atoms with Gasteiger partial charge >= 0.3 is 0 Å². The van der Waals surface area contributed by atoms with Crippen LogP contribution in [-0.4, -0.2) is 18.0 Å². The molecule has 0 N–H and O–H groups in total. The first-order chi connectivity index (χ1) is 11.9. The van der Waals surface area contributed by atoms with Crippen LogP contribution >= 0.6 is 0 Å². The summed E-state index contributed by atoms with van der Waals surface area (Å²) in [6.45, 7) is 5.95. The molecule has 0 radical (unpaired) electrons. The second-order valence-electron chi connectivity index (χ2n) is 6.81. The first-order valence-electron chi connectivity index (χ1n) is 8.61. The van der Waals surface area contributed by atoms with Crippen LogP contribution in [0.2, 0.25) is 0 Å². The average molecular weight is 342 g/mol. The molecule has 0 heterocycles. The van der Waals surface area contributed by atoms with Crippen LogP contribution in [0.4, 0.5) is 4.39 Å². The Morgan fingerprint density at radius 3 is 2.52 bits per heavy atom. The molecule has 0 aliphatic heterocycles. The van der Waals surface area contributed by atoms with Crippen molar-refractivity contribution in [2.75, 3.05) is 0 Å². The van der Waals surface area contributed by atoms with Crippen LogP contribution in [-0.2, 0) is 16.1 Å². The quantitative estimate of drug-likeness (QED) is 0.727. The molecule has 2 unspecified atom stereocenters. The zero-order valence-corrected chi connectivity index (χ0v) is 14.8. The number of ketones is 1. The van der Waals surface area contributed by atoms with Crippen LogP contribution in [0.5, 0.6) is 5.75 Å². The van der Waals surface area contributed by atoms with E-state index in [2.05, 4.69) is 0 Å². The topological polar surface area (TPSA) is 35.5 Å². The SMILES string of the molecule is CC(=O)C1CC1OCc1ccc(-c2cc(OC(C)C)ccc2F)cc1. The monoisotopic (exact) mass is 342 g/mol. The fraction of sp³-hybridized carbons (Fsp3) is 0.381. The van der Waals surface area contributed by atoms with Gasteiger partial charge in [-0.1, -0.05) is 24.3 Å². The molecule has 25 heavy (non-hydrogen) atoms. The van der Waals surface area contributed by atoms with Crippen LogP contribution in [0.15, 0.2) is 42.5 Å². The van der Waals surface area contributed by atoms with Crippen molar-refractivity contribution in [2.45, 2.75) is 46.0 Å². The zero-order chi connectivity index (χ0) is 18.0. The Hall–Kier alpha value is -2.20. The van der Waals surface area contributed by atoms with Crippen molar-refractivity contribution in [1.82, 2.24) is 0 Å². The molecular formula is C21H23FO3. The highest BCUT2D eigenvalue weighted by molar-refractivity contribution is 5.81. The van der Waals surface area contributed by atoms with Gasteiger partial charge in [0.2, 0.25) is 0 Å². The number of carbonyl (C=O) groups excluding carboxylic acids is 1. The summed E-state index contributed by atoms with van der Waals surface area (Å²) >= 11 is 0. The third kappa shape index (κ3) is 4.45. The molecule has 0 amide bonds. The Balaban J connectivity index is 1.67. The molecule has 0 spiro atoms. The molecule has 2 aromatic carbocycles. The smallest absolute Gasteiger partial charge is 0.135 e. The standard InChI is InChI=1S/C21H23FO3/c1-13(2)25-17-8-9-20(22)19(10-17)16-6-4-15(5-7-16)12-24-21-11-18(21)14(3)23/h4-10,13,18,21H,11-12H2,1-3H3. The minimum Gasteiger partial charge on any atom is -0.491 e. The maximum atomic E-state index is 14.2. The van der Waals surface area contributed by atoms with Gasteiger partial charge in [0.15, 0.2) is 0 Å². The molecule has 2 atom stereocenters. The zero-order valence-electron chi connectivity index (χ0n) is 14.8. The van der Waals surface area contributed by atoms with E-state index >= 15 is 0 Å². The van der Waals surface area contributed by atoms with Gasteiger partial charge in [-0.3, -0.25) is 4.79 Å². The molecule has 3 rings (SSSR count). The van der Waals surface area contributed by atoms with Gasteiger partial charge in [-0.25, -0.2) is 4.39 Å². The summed E-state index contributed by atoms with van der Waals surface area (Å²) in [7, 11) is 0. The van der Waals surface area contributed by atoms with Crippen molar-refractivity contribution >= 4 is 5.78 Å². The highest BCUT2D eigenvalue weighted by Gasteiger charge is 2.41. The number of Topliss-reactive ketones (excluding diaryl/α,β-unsaturated/α-hetero) is 1. The molecule has 132 valence electrons. The lowest BCUT2D eigenvalue weighted by Crippen LogP contribution is -2.05. The maximum Gasteiger partial charge on any atom is 0.135 e. The summed E-state index contributed by atoms with van der Waals surface area (Å²) in [6.07, 6.45) is 0.917. The molecule has 4 heteroatoms. The van der Waals surface area contributed by atoms with E-state index in [1.807, 2.05) is 38.1 Å². The molecule has 0 bridgehead atoms. The van der Waals surface area contributed by atoms with E-state index in [0.717, 1.165) is 17.5 Å². The summed E-state index contributed by atoms with van der Waals surface area (Å²) in [5.41, 5.74) is 2.32. The Bertz CT molecular complexity index is 752. The van der Waals surface area contributed by atoms with E-state index in [1.54, 1.807) is 19.1 Å². The van der Waals surface area contributed by atoms with Gasteiger partial charge in [-0.05, 0) is 56.5 Å². The fourth-order valence-electron chi connectivity index (χ4n) is 2.84. The van der Waals surface area contributed by atoms with Crippen molar-refractivity contribution in [2.24, 2.45) is 5.92 Å². The molecule has 1 saturated carbocycles. The van der Waals surface area contributed by atoms with Crippen LogP contribution in [0.3, 0.4) is 0 Å².